The highest BCUT2D eigenvalue weighted by molar-refractivity contribution is 5.81. The number of nitrogens with zero attached hydrogens (tertiary/aromatic N) is 2. The summed E-state index contributed by atoms with van der Waals surface area (Å²) in [5, 5.41) is 3.03. The predicted molar refractivity (Wildman–Crippen MR) is 116 cm³/mol. The van der Waals surface area contributed by atoms with E-state index >= 15 is 0 Å². The number of nitrogens with one attached hydrogen (secondary N) is 1. The number of rotatable bonds is 6. The lowest BCUT2D eigenvalue weighted by molar-refractivity contribution is -0.183. The lowest BCUT2D eigenvalue weighted by Gasteiger charge is -2.48. The summed E-state index contributed by atoms with van der Waals surface area (Å²) < 4.78 is 11.7. The fourth-order valence-corrected chi connectivity index (χ4v) is 4.55. The van der Waals surface area contributed by atoms with Crippen molar-refractivity contribution in [3.05, 3.63) is 60.1 Å². The molecular weight excluding hydrogens is 394 g/mol. The molecule has 3 heterocycles. The molecule has 166 valence electrons. The summed E-state index contributed by atoms with van der Waals surface area (Å²) in [6, 6.07) is 13.7. The second-order valence-corrected chi connectivity index (χ2v) is 8.65. The van der Waals surface area contributed by atoms with Crippen LogP contribution >= 0.6 is 0 Å². The number of morpholine rings is 1. The van der Waals surface area contributed by atoms with Crippen LogP contribution in [-0.2, 0) is 27.2 Å². The van der Waals surface area contributed by atoms with E-state index < -0.39 is 6.10 Å². The van der Waals surface area contributed by atoms with Gasteiger partial charge in [-0.1, -0.05) is 30.3 Å². The lowest BCUT2D eigenvalue weighted by Crippen LogP contribution is -2.62. The molecule has 1 N–H and O–H groups in total. The number of carbonyl (C=O) groups is 2. The molecule has 1 aromatic heterocycles. The Bertz CT molecular complexity index is 860. The highest BCUT2D eigenvalue weighted by Gasteiger charge is 2.44. The van der Waals surface area contributed by atoms with Gasteiger partial charge in [0.15, 0.2) is 0 Å². The molecule has 2 saturated heterocycles. The lowest BCUT2D eigenvalue weighted by atomic mass is 9.88. The standard InChI is InChI=1S/C24H31N3O4/c1-26-17-21(23(29)25-12-9-19-6-3-2-4-7-19)31-24(18-26)10-13-27(14-11-24)22(28)16-20-8-5-15-30-20/h2-8,15,21H,9-14,16-18H2,1H3,(H,25,29). The van der Waals surface area contributed by atoms with Gasteiger partial charge in [-0.3, -0.25) is 9.59 Å². The third kappa shape index (κ3) is 5.54. The number of furan rings is 1. The summed E-state index contributed by atoms with van der Waals surface area (Å²) in [5.41, 5.74) is 0.822. The molecule has 1 unspecified atom stereocenters. The second kappa shape index (κ2) is 9.66. The summed E-state index contributed by atoms with van der Waals surface area (Å²) in [4.78, 5) is 29.4. The molecule has 0 saturated carbocycles. The van der Waals surface area contributed by atoms with E-state index in [-0.39, 0.29) is 23.8 Å². The van der Waals surface area contributed by atoms with Crippen molar-refractivity contribution < 1.29 is 18.7 Å². The Hall–Kier alpha value is -2.64. The van der Waals surface area contributed by atoms with Gasteiger partial charge in [-0.25, -0.2) is 0 Å². The SMILES string of the molecule is CN1CC(C(=O)NCCc2ccccc2)OC2(CCN(C(=O)Cc3ccco3)CC2)C1. The Labute approximate surface area is 183 Å². The molecule has 7 nitrogen and oxygen atoms in total. The van der Waals surface area contributed by atoms with Crippen molar-refractivity contribution in [2.24, 2.45) is 0 Å². The monoisotopic (exact) mass is 425 g/mol. The highest BCUT2D eigenvalue weighted by Crippen LogP contribution is 2.32. The zero-order chi connectivity index (χ0) is 21.7. The Balaban J connectivity index is 1.28. The third-order valence-corrected chi connectivity index (χ3v) is 6.21. The molecule has 7 heteroatoms. The molecule has 2 fully saturated rings. The van der Waals surface area contributed by atoms with Gasteiger partial charge in [0, 0.05) is 32.7 Å². The van der Waals surface area contributed by atoms with E-state index in [0.29, 0.717) is 31.9 Å². The first kappa shape index (κ1) is 21.6. The molecule has 4 rings (SSSR count). The molecule has 2 amide bonds. The van der Waals surface area contributed by atoms with Crippen molar-refractivity contribution >= 4 is 11.8 Å². The van der Waals surface area contributed by atoms with E-state index in [9.17, 15) is 9.59 Å². The molecule has 2 aromatic rings. The molecule has 0 aliphatic carbocycles. The molecule has 2 aliphatic rings. The van der Waals surface area contributed by atoms with Crippen molar-refractivity contribution in [3.63, 3.8) is 0 Å². The van der Waals surface area contributed by atoms with Crippen LogP contribution in [0.15, 0.2) is 53.1 Å². The normalized spacial score (nSPS) is 21.2. The van der Waals surface area contributed by atoms with Gasteiger partial charge in [-0.05, 0) is 44.0 Å². The number of ether oxygens (including phenoxy) is 1. The Morgan fingerprint density at radius 1 is 1.13 bits per heavy atom. The van der Waals surface area contributed by atoms with E-state index in [0.717, 1.165) is 25.8 Å². The van der Waals surface area contributed by atoms with Crippen molar-refractivity contribution in [2.45, 2.75) is 37.4 Å². The van der Waals surface area contributed by atoms with E-state index in [1.54, 1.807) is 12.3 Å². The molecule has 0 bridgehead atoms. The van der Waals surface area contributed by atoms with E-state index in [4.69, 9.17) is 9.15 Å². The summed E-state index contributed by atoms with van der Waals surface area (Å²) in [5.74, 6) is 0.702. The maximum absolute atomic E-state index is 12.8. The molecule has 2 aliphatic heterocycles. The molecule has 31 heavy (non-hydrogen) atoms. The average Bonchev–Trinajstić information content (AvgIpc) is 3.27. The first-order chi connectivity index (χ1) is 15.0. The average molecular weight is 426 g/mol. The minimum absolute atomic E-state index is 0.0572. The van der Waals surface area contributed by atoms with Gasteiger partial charge in [0.1, 0.15) is 11.9 Å². The van der Waals surface area contributed by atoms with Crippen molar-refractivity contribution in [1.29, 1.82) is 0 Å². The minimum atomic E-state index is -0.486. The molecular formula is C24H31N3O4. The quantitative estimate of drug-likeness (QED) is 0.765. The summed E-state index contributed by atoms with van der Waals surface area (Å²) in [6.45, 7) is 3.22. The Kier molecular flexibility index (Phi) is 6.73. The summed E-state index contributed by atoms with van der Waals surface area (Å²) in [7, 11) is 2.03. The van der Waals surface area contributed by atoms with Crippen molar-refractivity contribution in [3.8, 4) is 0 Å². The molecule has 0 radical (unpaired) electrons. The number of benzene rings is 1. The fraction of sp³-hybridized carbons (Fsp3) is 0.500. The summed E-state index contributed by atoms with van der Waals surface area (Å²) in [6.07, 6.45) is 3.65. The van der Waals surface area contributed by atoms with Gasteiger partial charge in [0.25, 0.3) is 5.91 Å². The van der Waals surface area contributed by atoms with Crippen LogP contribution in [0.5, 0.6) is 0 Å². The maximum atomic E-state index is 12.8. The Morgan fingerprint density at radius 2 is 1.90 bits per heavy atom. The highest BCUT2D eigenvalue weighted by atomic mass is 16.5. The second-order valence-electron chi connectivity index (χ2n) is 8.65. The van der Waals surface area contributed by atoms with Gasteiger partial charge in [0.2, 0.25) is 5.91 Å². The number of amides is 2. The predicted octanol–water partition coefficient (Wildman–Crippen LogP) is 1.87. The largest absolute Gasteiger partial charge is 0.469 e. The van der Waals surface area contributed by atoms with Crippen LogP contribution in [0.4, 0.5) is 0 Å². The zero-order valence-corrected chi connectivity index (χ0v) is 18.1. The molecule has 1 aromatic carbocycles. The summed E-state index contributed by atoms with van der Waals surface area (Å²) >= 11 is 0. The van der Waals surface area contributed by atoms with Gasteiger partial charge in [0.05, 0.1) is 18.3 Å². The first-order valence-corrected chi connectivity index (χ1v) is 11.0. The minimum Gasteiger partial charge on any atom is -0.469 e. The van der Waals surface area contributed by atoms with Crippen molar-refractivity contribution in [1.82, 2.24) is 15.1 Å². The van der Waals surface area contributed by atoms with Crippen molar-refractivity contribution in [2.75, 3.05) is 39.8 Å². The first-order valence-electron chi connectivity index (χ1n) is 11.0. The number of hydrogen-bond donors (Lipinski definition) is 1. The van der Waals surface area contributed by atoms with Crippen LogP contribution in [0.25, 0.3) is 0 Å². The smallest absolute Gasteiger partial charge is 0.250 e. The van der Waals surface area contributed by atoms with E-state index in [2.05, 4.69) is 22.3 Å². The van der Waals surface area contributed by atoms with E-state index in [1.807, 2.05) is 36.2 Å². The van der Waals surface area contributed by atoms with Crippen LogP contribution < -0.4 is 5.32 Å². The van der Waals surface area contributed by atoms with Crippen LogP contribution in [0.1, 0.15) is 24.2 Å². The Morgan fingerprint density at radius 3 is 2.61 bits per heavy atom. The van der Waals surface area contributed by atoms with Crippen LogP contribution in [-0.4, -0.2) is 73.1 Å². The van der Waals surface area contributed by atoms with Crippen LogP contribution in [0.3, 0.4) is 0 Å². The van der Waals surface area contributed by atoms with Gasteiger partial charge < -0.3 is 24.3 Å². The molecule has 1 atom stereocenters. The van der Waals surface area contributed by atoms with E-state index in [1.165, 1.54) is 5.56 Å². The number of carbonyl (C=O) groups excluding carboxylic acids is 2. The van der Waals surface area contributed by atoms with Gasteiger partial charge in [-0.2, -0.15) is 0 Å². The number of likely N-dealkylation sites (tertiary alicyclic amines) is 1. The molecule has 1 spiro atoms. The number of piperidine rings is 1. The van der Waals surface area contributed by atoms with Crippen LogP contribution in [0.2, 0.25) is 0 Å². The number of likely N-dealkylation sites (N-methyl/N-ethyl adjacent to an activating group) is 1. The topological polar surface area (TPSA) is 75.0 Å². The van der Waals surface area contributed by atoms with Gasteiger partial charge in [-0.15, -0.1) is 0 Å². The fourth-order valence-electron chi connectivity index (χ4n) is 4.55. The number of hydrogen-bond acceptors (Lipinski definition) is 5. The maximum Gasteiger partial charge on any atom is 0.250 e. The van der Waals surface area contributed by atoms with Gasteiger partial charge >= 0.3 is 0 Å². The zero-order valence-electron chi connectivity index (χ0n) is 18.1. The van der Waals surface area contributed by atoms with Crippen LogP contribution in [0, 0.1) is 0 Å². The third-order valence-electron chi connectivity index (χ3n) is 6.21.